The van der Waals surface area contributed by atoms with Crippen molar-refractivity contribution < 1.29 is 8.42 Å². The van der Waals surface area contributed by atoms with Crippen LogP contribution in [0.1, 0.15) is 31.7 Å². The van der Waals surface area contributed by atoms with Gasteiger partial charge in [0.15, 0.2) is 0 Å². The Kier molecular flexibility index (Phi) is 4.53. The number of benzene rings is 1. The first kappa shape index (κ1) is 15.1. The summed E-state index contributed by atoms with van der Waals surface area (Å²) in [7, 11) is -3.61. The molecule has 1 N–H and O–H groups in total. The van der Waals surface area contributed by atoms with Gasteiger partial charge >= 0.3 is 10.2 Å². The highest BCUT2D eigenvalue weighted by Crippen LogP contribution is 2.26. The lowest BCUT2D eigenvalue weighted by Crippen LogP contribution is -2.44. The van der Waals surface area contributed by atoms with Crippen molar-refractivity contribution in [3.05, 3.63) is 28.8 Å². The molecule has 0 radical (unpaired) electrons. The number of piperidine rings is 1. The second-order valence-corrected chi connectivity index (χ2v) is 6.90. The van der Waals surface area contributed by atoms with Crippen LogP contribution < -0.4 is 4.72 Å². The molecule has 5 nitrogen and oxygen atoms in total. The van der Waals surface area contributed by atoms with Gasteiger partial charge in [0.05, 0.1) is 22.3 Å². The van der Waals surface area contributed by atoms with Gasteiger partial charge in [-0.2, -0.15) is 18.0 Å². The van der Waals surface area contributed by atoms with Crippen LogP contribution in [0.4, 0.5) is 5.69 Å². The summed E-state index contributed by atoms with van der Waals surface area (Å²) in [5.74, 6) is 0. The number of nitrogens with zero attached hydrogens (tertiary/aromatic N) is 2. The average molecular weight is 314 g/mol. The van der Waals surface area contributed by atoms with Crippen molar-refractivity contribution in [1.29, 1.82) is 5.26 Å². The fourth-order valence-electron chi connectivity index (χ4n) is 2.29. The third-order valence-corrected chi connectivity index (χ3v) is 5.34. The third-order valence-electron chi connectivity index (χ3n) is 3.39. The van der Waals surface area contributed by atoms with Gasteiger partial charge in [-0.15, -0.1) is 0 Å². The number of halogens is 1. The number of hydrogen-bond donors (Lipinski definition) is 1. The molecule has 20 heavy (non-hydrogen) atoms. The number of nitriles is 1. The van der Waals surface area contributed by atoms with Crippen LogP contribution >= 0.6 is 11.6 Å². The molecule has 0 amide bonds. The second kappa shape index (κ2) is 6.00. The highest BCUT2D eigenvalue weighted by molar-refractivity contribution is 7.90. The Hall–Kier alpha value is -1.29. The van der Waals surface area contributed by atoms with Crippen molar-refractivity contribution in [1.82, 2.24) is 4.31 Å². The van der Waals surface area contributed by atoms with E-state index >= 15 is 0 Å². The molecule has 0 aliphatic carbocycles. The fourth-order valence-corrected chi connectivity index (χ4v) is 4.10. The van der Waals surface area contributed by atoms with Gasteiger partial charge in [-0.25, -0.2) is 0 Å². The van der Waals surface area contributed by atoms with Crippen LogP contribution in [-0.4, -0.2) is 25.3 Å². The summed E-state index contributed by atoms with van der Waals surface area (Å²) in [5, 5.41) is 8.99. The summed E-state index contributed by atoms with van der Waals surface area (Å²) in [6.45, 7) is 2.42. The summed E-state index contributed by atoms with van der Waals surface area (Å²) in [6, 6.07) is 6.42. The zero-order valence-electron chi connectivity index (χ0n) is 11.1. The molecular formula is C13H16ClN3O2S. The Morgan fingerprint density at radius 2 is 2.20 bits per heavy atom. The summed E-state index contributed by atoms with van der Waals surface area (Å²) in [6.07, 6.45) is 2.78. The van der Waals surface area contributed by atoms with Gasteiger partial charge in [0.25, 0.3) is 0 Å². The number of nitrogens with one attached hydrogen (secondary N) is 1. The number of rotatable bonds is 3. The molecule has 1 aliphatic rings. The summed E-state index contributed by atoms with van der Waals surface area (Å²) in [5.41, 5.74) is 0.688. The van der Waals surface area contributed by atoms with E-state index in [1.54, 1.807) is 0 Å². The van der Waals surface area contributed by atoms with Crippen LogP contribution in [0.5, 0.6) is 0 Å². The molecule has 1 aromatic carbocycles. The molecule has 1 unspecified atom stereocenters. The lowest BCUT2D eigenvalue weighted by Gasteiger charge is -2.32. The summed E-state index contributed by atoms with van der Waals surface area (Å²) >= 11 is 5.99. The van der Waals surface area contributed by atoms with Crippen LogP contribution in [-0.2, 0) is 10.2 Å². The molecule has 0 bridgehead atoms. The van der Waals surface area contributed by atoms with E-state index in [0.29, 0.717) is 17.8 Å². The standard InChI is InChI=1S/C13H16ClN3O2S/c1-10-4-2-3-7-17(10)20(18,19)16-13-6-5-11(9-15)8-12(13)14/h5-6,8,10,16H,2-4,7H2,1H3. The minimum atomic E-state index is -3.61. The van der Waals surface area contributed by atoms with Crippen LogP contribution in [0.3, 0.4) is 0 Å². The van der Waals surface area contributed by atoms with Gasteiger partial charge in [0.1, 0.15) is 0 Å². The van der Waals surface area contributed by atoms with Crippen molar-refractivity contribution in [2.75, 3.05) is 11.3 Å². The Balaban J connectivity index is 2.22. The van der Waals surface area contributed by atoms with Gasteiger partial charge in [-0.05, 0) is 38.0 Å². The summed E-state index contributed by atoms with van der Waals surface area (Å²) in [4.78, 5) is 0. The molecule has 1 fully saturated rings. The van der Waals surface area contributed by atoms with Crippen LogP contribution in [0, 0.1) is 11.3 Å². The van der Waals surface area contributed by atoms with E-state index in [4.69, 9.17) is 16.9 Å². The molecule has 7 heteroatoms. The smallest absolute Gasteiger partial charge is 0.269 e. The van der Waals surface area contributed by atoms with Crippen LogP contribution in [0.15, 0.2) is 18.2 Å². The van der Waals surface area contributed by atoms with Gasteiger partial charge in [-0.1, -0.05) is 18.0 Å². The maximum absolute atomic E-state index is 12.4. The monoisotopic (exact) mass is 313 g/mol. The van der Waals surface area contributed by atoms with Crippen LogP contribution in [0.2, 0.25) is 5.02 Å². The highest BCUT2D eigenvalue weighted by Gasteiger charge is 2.29. The van der Waals surface area contributed by atoms with Crippen molar-refractivity contribution >= 4 is 27.5 Å². The van der Waals surface area contributed by atoms with Crippen molar-refractivity contribution in [2.24, 2.45) is 0 Å². The number of hydrogen-bond acceptors (Lipinski definition) is 3. The van der Waals surface area contributed by atoms with Crippen molar-refractivity contribution in [2.45, 2.75) is 32.2 Å². The van der Waals surface area contributed by atoms with E-state index in [2.05, 4.69) is 4.72 Å². The normalized spacial score (nSPS) is 20.4. The van der Waals surface area contributed by atoms with E-state index in [1.807, 2.05) is 13.0 Å². The predicted molar refractivity (Wildman–Crippen MR) is 78.7 cm³/mol. The van der Waals surface area contributed by atoms with Crippen molar-refractivity contribution in [3.8, 4) is 6.07 Å². The Morgan fingerprint density at radius 1 is 1.45 bits per heavy atom. The second-order valence-electron chi connectivity index (χ2n) is 4.87. The Labute approximate surface area is 124 Å². The molecule has 0 aromatic heterocycles. The molecule has 2 rings (SSSR count). The van der Waals surface area contributed by atoms with Gasteiger partial charge < -0.3 is 0 Å². The Bertz CT molecular complexity index is 640. The average Bonchev–Trinajstić information content (AvgIpc) is 2.41. The zero-order chi connectivity index (χ0) is 14.8. The van der Waals surface area contributed by atoms with Gasteiger partial charge in [-0.3, -0.25) is 4.72 Å². The Morgan fingerprint density at radius 3 is 2.80 bits per heavy atom. The van der Waals surface area contributed by atoms with Crippen molar-refractivity contribution in [3.63, 3.8) is 0 Å². The van der Waals surface area contributed by atoms with E-state index < -0.39 is 10.2 Å². The first-order valence-electron chi connectivity index (χ1n) is 6.43. The van der Waals surface area contributed by atoms with Gasteiger partial charge in [0, 0.05) is 12.6 Å². The molecule has 0 saturated carbocycles. The van der Waals surface area contributed by atoms with E-state index in [9.17, 15) is 8.42 Å². The van der Waals surface area contributed by atoms with E-state index in [0.717, 1.165) is 19.3 Å². The lowest BCUT2D eigenvalue weighted by atomic mass is 10.1. The van der Waals surface area contributed by atoms with E-state index in [-0.39, 0.29) is 11.1 Å². The van der Waals surface area contributed by atoms with Gasteiger partial charge in [0.2, 0.25) is 0 Å². The third kappa shape index (κ3) is 3.23. The molecule has 108 valence electrons. The molecule has 1 saturated heterocycles. The molecule has 0 spiro atoms. The maximum Gasteiger partial charge on any atom is 0.301 e. The van der Waals surface area contributed by atoms with Crippen LogP contribution in [0.25, 0.3) is 0 Å². The predicted octanol–water partition coefficient (Wildman–Crippen LogP) is 2.74. The zero-order valence-corrected chi connectivity index (χ0v) is 12.7. The quantitative estimate of drug-likeness (QED) is 0.932. The summed E-state index contributed by atoms with van der Waals surface area (Å²) < 4.78 is 28.7. The highest BCUT2D eigenvalue weighted by atomic mass is 35.5. The molecule has 1 aliphatic heterocycles. The largest absolute Gasteiger partial charge is 0.301 e. The lowest BCUT2D eigenvalue weighted by molar-refractivity contribution is 0.270. The molecular weight excluding hydrogens is 298 g/mol. The first-order chi connectivity index (χ1) is 9.44. The fraction of sp³-hybridized carbons (Fsp3) is 0.462. The molecule has 1 atom stereocenters. The molecule has 1 aromatic rings. The maximum atomic E-state index is 12.4. The SMILES string of the molecule is CC1CCCCN1S(=O)(=O)Nc1ccc(C#N)cc1Cl. The molecule has 1 heterocycles. The van der Waals surface area contributed by atoms with E-state index in [1.165, 1.54) is 22.5 Å². The minimum Gasteiger partial charge on any atom is -0.269 e. The number of anilines is 1. The minimum absolute atomic E-state index is 0.0154. The first-order valence-corrected chi connectivity index (χ1v) is 8.25. The topological polar surface area (TPSA) is 73.2 Å².